The fraction of sp³-hybridized carbons (Fsp3) is 0.286. The third-order valence-electron chi connectivity index (χ3n) is 4.85. The van der Waals surface area contributed by atoms with Gasteiger partial charge < -0.3 is 19.4 Å². The van der Waals surface area contributed by atoms with E-state index in [4.69, 9.17) is 9.15 Å². The molecule has 134 valence electrons. The van der Waals surface area contributed by atoms with Gasteiger partial charge >= 0.3 is 0 Å². The summed E-state index contributed by atoms with van der Waals surface area (Å²) < 4.78 is 11.2. The largest absolute Gasteiger partial charge is 0.451 e. The first-order chi connectivity index (χ1) is 12.8. The first-order valence-corrected chi connectivity index (χ1v) is 9.05. The second kappa shape index (κ2) is 7.72. The summed E-state index contributed by atoms with van der Waals surface area (Å²) >= 11 is 0. The predicted octanol–water partition coefficient (Wildman–Crippen LogP) is 1.82. The number of hydrogen-bond donors (Lipinski definition) is 2. The quantitative estimate of drug-likeness (QED) is 0.737. The average Bonchev–Trinajstić information content (AvgIpc) is 3.13. The fourth-order valence-electron chi connectivity index (χ4n) is 3.41. The minimum atomic E-state index is -0.178. The molecule has 26 heavy (non-hydrogen) atoms. The Morgan fingerprint density at radius 2 is 1.77 bits per heavy atom. The highest BCUT2D eigenvalue weighted by Crippen LogP contribution is 2.20. The highest BCUT2D eigenvalue weighted by atomic mass is 16.5. The van der Waals surface area contributed by atoms with Crippen LogP contribution >= 0.6 is 0 Å². The number of rotatable bonds is 5. The molecule has 0 spiro atoms. The topological polar surface area (TPSA) is 55.9 Å². The Morgan fingerprint density at radius 3 is 2.54 bits per heavy atom. The number of benzene rings is 2. The van der Waals surface area contributed by atoms with Crippen LogP contribution < -0.4 is 10.2 Å². The molecule has 1 atom stereocenters. The van der Waals surface area contributed by atoms with Gasteiger partial charge in [-0.15, -0.1) is 0 Å². The summed E-state index contributed by atoms with van der Waals surface area (Å²) in [6.07, 6.45) is 0. The zero-order valence-electron chi connectivity index (χ0n) is 14.6. The molecule has 0 bridgehead atoms. The molecule has 4 rings (SSSR count). The zero-order valence-corrected chi connectivity index (χ0v) is 14.6. The van der Waals surface area contributed by atoms with Crippen molar-refractivity contribution in [3.05, 3.63) is 72.0 Å². The van der Waals surface area contributed by atoms with Gasteiger partial charge in [-0.25, -0.2) is 0 Å². The number of ether oxygens (including phenoxy) is 1. The van der Waals surface area contributed by atoms with Crippen molar-refractivity contribution in [2.75, 3.05) is 32.8 Å². The van der Waals surface area contributed by atoms with Crippen LogP contribution in [0.5, 0.6) is 0 Å². The standard InChI is InChI=1S/C21H22N2O3/c24-21(20-14-17-8-4-5-9-19(17)26-20)22-18(16-6-2-1-3-7-16)15-23-10-12-25-13-11-23/h1-9,14,18H,10-13,15H2,(H,22,24)/p+1/t18-/m1/s1. The van der Waals surface area contributed by atoms with Crippen LogP contribution in [0.3, 0.4) is 0 Å². The van der Waals surface area contributed by atoms with E-state index in [1.165, 1.54) is 4.90 Å². The third-order valence-corrected chi connectivity index (χ3v) is 4.85. The van der Waals surface area contributed by atoms with E-state index in [0.717, 1.165) is 49.4 Å². The van der Waals surface area contributed by atoms with Gasteiger partial charge in [-0.3, -0.25) is 4.79 Å². The first kappa shape index (κ1) is 16.8. The lowest BCUT2D eigenvalue weighted by Gasteiger charge is -2.28. The SMILES string of the molecule is O=C(N[C@H](C[NH+]1CCOCC1)c1ccccc1)c1cc2ccccc2o1. The Kier molecular flexibility index (Phi) is 5.00. The lowest BCUT2D eigenvalue weighted by atomic mass is 10.1. The van der Waals surface area contributed by atoms with Crippen molar-refractivity contribution >= 4 is 16.9 Å². The fourth-order valence-corrected chi connectivity index (χ4v) is 3.41. The van der Waals surface area contributed by atoms with Crippen LogP contribution in [0.4, 0.5) is 0 Å². The molecule has 2 heterocycles. The zero-order chi connectivity index (χ0) is 17.8. The number of carbonyl (C=O) groups excluding carboxylic acids is 1. The molecule has 0 aliphatic carbocycles. The average molecular weight is 351 g/mol. The van der Waals surface area contributed by atoms with E-state index in [1.54, 1.807) is 6.07 Å². The molecule has 0 radical (unpaired) electrons. The summed E-state index contributed by atoms with van der Waals surface area (Å²) in [7, 11) is 0. The Hall–Kier alpha value is -2.63. The van der Waals surface area contributed by atoms with Crippen LogP contribution in [0, 0.1) is 0 Å². The molecular weight excluding hydrogens is 328 g/mol. The maximum absolute atomic E-state index is 12.8. The lowest BCUT2D eigenvalue weighted by Crippen LogP contribution is -3.14. The van der Waals surface area contributed by atoms with Gasteiger partial charge in [0.05, 0.1) is 13.2 Å². The van der Waals surface area contributed by atoms with Crippen molar-refractivity contribution in [2.24, 2.45) is 0 Å². The first-order valence-electron chi connectivity index (χ1n) is 9.05. The van der Waals surface area contributed by atoms with Gasteiger partial charge in [0.15, 0.2) is 5.76 Å². The monoisotopic (exact) mass is 351 g/mol. The van der Waals surface area contributed by atoms with Crippen LogP contribution in [0.25, 0.3) is 11.0 Å². The molecular formula is C21H23N2O3+. The Labute approximate surface area is 152 Å². The van der Waals surface area contributed by atoms with Crippen LogP contribution in [0.2, 0.25) is 0 Å². The smallest absolute Gasteiger partial charge is 0.287 e. The Balaban J connectivity index is 1.54. The predicted molar refractivity (Wildman–Crippen MR) is 99.2 cm³/mol. The maximum Gasteiger partial charge on any atom is 0.287 e. The summed E-state index contributed by atoms with van der Waals surface area (Å²) in [6, 6.07) is 19.5. The van der Waals surface area contributed by atoms with Gasteiger partial charge in [-0.1, -0.05) is 48.5 Å². The highest BCUT2D eigenvalue weighted by Gasteiger charge is 2.24. The molecule has 1 fully saturated rings. The summed E-state index contributed by atoms with van der Waals surface area (Å²) in [4.78, 5) is 14.2. The number of morpholine rings is 1. The van der Waals surface area contributed by atoms with Crippen molar-refractivity contribution in [1.29, 1.82) is 0 Å². The van der Waals surface area contributed by atoms with Crippen LogP contribution in [0.1, 0.15) is 22.2 Å². The van der Waals surface area contributed by atoms with Gasteiger partial charge in [0.1, 0.15) is 31.3 Å². The molecule has 1 saturated heterocycles. The highest BCUT2D eigenvalue weighted by molar-refractivity contribution is 5.96. The minimum absolute atomic E-state index is 0.0648. The van der Waals surface area contributed by atoms with E-state index in [9.17, 15) is 4.79 Å². The number of amides is 1. The number of fused-ring (bicyclic) bond motifs is 1. The van der Waals surface area contributed by atoms with E-state index in [0.29, 0.717) is 5.76 Å². The third kappa shape index (κ3) is 3.79. The number of nitrogens with one attached hydrogen (secondary N) is 2. The van der Waals surface area contributed by atoms with E-state index < -0.39 is 0 Å². The summed E-state index contributed by atoms with van der Waals surface area (Å²) in [6.45, 7) is 4.30. The van der Waals surface area contributed by atoms with Crippen molar-refractivity contribution in [3.8, 4) is 0 Å². The molecule has 1 aliphatic rings. The number of para-hydroxylation sites is 1. The number of hydrogen-bond acceptors (Lipinski definition) is 3. The van der Waals surface area contributed by atoms with Crippen molar-refractivity contribution < 1.29 is 18.8 Å². The number of furan rings is 1. The van der Waals surface area contributed by atoms with Gasteiger partial charge in [-0.2, -0.15) is 0 Å². The van der Waals surface area contributed by atoms with Crippen molar-refractivity contribution in [1.82, 2.24) is 5.32 Å². The minimum Gasteiger partial charge on any atom is -0.451 e. The molecule has 0 unspecified atom stereocenters. The van der Waals surface area contributed by atoms with Crippen LogP contribution in [-0.2, 0) is 4.74 Å². The summed E-state index contributed by atoms with van der Waals surface area (Å²) in [5, 5.41) is 4.10. The lowest BCUT2D eigenvalue weighted by molar-refractivity contribution is -0.909. The van der Waals surface area contributed by atoms with Gasteiger partial charge in [0.25, 0.3) is 5.91 Å². The van der Waals surface area contributed by atoms with Gasteiger partial charge in [0.2, 0.25) is 0 Å². The molecule has 5 nitrogen and oxygen atoms in total. The Morgan fingerprint density at radius 1 is 1.04 bits per heavy atom. The van der Waals surface area contributed by atoms with Crippen LogP contribution in [-0.4, -0.2) is 38.8 Å². The molecule has 3 aromatic rings. The van der Waals surface area contributed by atoms with E-state index in [-0.39, 0.29) is 11.9 Å². The van der Waals surface area contributed by atoms with Crippen LogP contribution in [0.15, 0.2) is 65.1 Å². The van der Waals surface area contributed by atoms with Crippen molar-refractivity contribution in [2.45, 2.75) is 6.04 Å². The summed E-state index contributed by atoms with van der Waals surface area (Å²) in [5.41, 5.74) is 1.84. The Bertz CT molecular complexity index is 836. The second-order valence-corrected chi connectivity index (χ2v) is 6.65. The molecule has 2 N–H and O–H groups in total. The van der Waals surface area contributed by atoms with E-state index >= 15 is 0 Å². The molecule has 1 amide bonds. The molecule has 2 aromatic carbocycles. The van der Waals surface area contributed by atoms with E-state index in [2.05, 4.69) is 17.4 Å². The molecule has 1 aliphatic heterocycles. The van der Waals surface area contributed by atoms with E-state index in [1.807, 2.05) is 42.5 Å². The summed E-state index contributed by atoms with van der Waals surface area (Å²) in [5.74, 6) is 0.173. The van der Waals surface area contributed by atoms with Crippen molar-refractivity contribution in [3.63, 3.8) is 0 Å². The molecule has 1 aromatic heterocycles. The number of carbonyl (C=O) groups is 1. The number of quaternary nitrogens is 1. The van der Waals surface area contributed by atoms with Gasteiger partial charge in [-0.05, 0) is 17.7 Å². The maximum atomic E-state index is 12.8. The molecule has 0 saturated carbocycles. The molecule has 5 heteroatoms. The van der Waals surface area contributed by atoms with Gasteiger partial charge in [0, 0.05) is 5.39 Å². The second-order valence-electron chi connectivity index (χ2n) is 6.65. The normalized spacial score (nSPS) is 16.5.